The van der Waals surface area contributed by atoms with Crippen molar-refractivity contribution in [2.24, 2.45) is 0 Å². The minimum Gasteiger partial charge on any atom is -0.455 e. The largest absolute Gasteiger partial charge is 0.455 e. The van der Waals surface area contributed by atoms with Crippen LogP contribution in [0.3, 0.4) is 0 Å². The monoisotopic (exact) mass is 645 g/mol. The van der Waals surface area contributed by atoms with E-state index in [0.717, 1.165) is 70.4 Å². The van der Waals surface area contributed by atoms with Crippen LogP contribution in [0.1, 0.15) is 0 Å². The van der Waals surface area contributed by atoms with Crippen LogP contribution in [0.15, 0.2) is 130 Å². The average molecular weight is 647 g/mol. The average Bonchev–Trinajstić information content (AvgIpc) is 3.74. The second kappa shape index (κ2) is 8.99. The fraction of sp³-hybridized carbons (Fsp3) is 0. The lowest BCUT2D eigenvalue weighted by molar-refractivity contribution is 0.667. The van der Waals surface area contributed by atoms with Gasteiger partial charge in [-0.3, -0.25) is 4.57 Å². The molecule has 0 unspecified atom stereocenters. The highest BCUT2D eigenvalue weighted by atomic mass is 79.9. The van der Waals surface area contributed by atoms with Gasteiger partial charge in [0.1, 0.15) is 5.58 Å². The predicted molar refractivity (Wildman–Crippen MR) is 187 cm³/mol. The Morgan fingerprint density at radius 1 is 0.614 bits per heavy atom. The third kappa shape index (κ3) is 3.32. The highest BCUT2D eigenvalue weighted by molar-refractivity contribution is 9.10. The normalized spacial score (nSPS) is 12.2. The fourth-order valence-corrected chi connectivity index (χ4v) is 8.42. The Hall–Kier alpha value is -5.04. The van der Waals surface area contributed by atoms with E-state index in [0.29, 0.717) is 5.95 Å². The van der Waals surface area contributed by atoms with Crippen molar-refractivity contribution in [3.63, 3.8) is 0 Å². The van der Waals surface area contributed by atoms with Crippen LogP contribution in [0.5, 0.6) is 0 Å². The first-order valence-electron chi connectivity index (χ1n) is 14.4. The SMILES string of the molecule is Brc1cc2c3ccccc3n(-c3nc(-c4ccc5c(c4)sc4ccccc45)c4ccccc4n3)c2c2c1oc1ccccc12. The number of hydrogen-bond acceptors (Lipinski definition) is 4. The summed E-state index contributed by atoms with van der Waals surface area (Å²) in [7, 11) is 0. The van der Waals surface area contributed by atoms with Crippen molar-refractivity contribution in [1.29, 1.82) is 0 Å². The first-order valence-corrected chi connectivity index (χ1v) is 16.1. The lowest BCUT2D eigenvalue weighted by Crippen LogP contribution is -2.03. The fourth-order valence-electron chi connectivity index (χ4n) is 6.76. The summed E-state index contributed by atoms with van der Waals surface area (Å²) in [5.41, 5.74) is 6.65. The van der Waals surface area contributed by atoms with Gasteiger partial charge in [-0.15, -0.1) is 11.3 Å². The van der Waals surface area contributed by atoms with Gasteiger partial charge in [-0.25, -0.2) is 9.97 Å². The maximum Gasteiger partial charge on any atom is 0.235 e. The molecule has 0 bridgehead atoms. The summed E-state index contributed by atoms with van der Waals surface area (Å²) in [5.74, 6) is 0.634. The van der Waals surface area contributed by atoms with Gasteiger partial charge in [-0.1, -0.05) is 84.9 Å². The van der Waals surface area contributed by atoms with Crippen molar-refractivity contribution in [2.45, 2.75) is 0 Å². The molecular weight excluding hydrogens is 626 g/mol. The van der Waals surface area contributed by atoms with Crippen LogP contribution in [0.25, 0.3) is 92.0 Å². The number of aromatic nitrogens is 3. The van der Waals surface area contributed by atoms with E-state index < -0.39 is 0 Å². The predicted octanol–water partition coefficient (Wildman–Crippen LogP) is 11.4. The number of para-hydroxylation sites is 3. The third-order valence-electron chi connectivity index (χ3n) is 8.68. The van der Waals surface area contributed by atoms with Crippen LogP contribution in [0.4, 0.5) is 0 Å². The van der Waals surface area contributed by atoms with Crippen LogP contribution in [0, 0.1) is 0 Å². The van der Waals surface area contributed by atoms with Crippen LogP contribution in [-0.2, 0) is 0 Å². The molecule has 0 radical (unpaired) electrons. The maximum absolute atomic E-state index is 6.41. The number of nitrogens with zero attached hydrogens (tertiary/aromatic N) is 3. The molecule has 6 heteroatoms. The molecule has 10 aromatic rings. The molecule has 0 N–H and O–H groups in total. The molecule has 0 aliphatic carbocycles. The number of thiophene rings is 1. The molecule has 4 nitrogen and oxygen atoms in total. The number of furan rings is 1. The zero-order valence-electron chi connectivity index (χ0n) is 23.1. The van der Waals surface area contributed by atoms with E-state index >= 15 is 0 Å². The van der Waals surface area contributed by atoms with Crippen molar-refractivity contribution < 1.29 is 4.42 Å². The van der Waals surface area contributed by atoms with Crippen molar-refractivity contribution in [2.75, 3.05) is 0 Å². The molecule has 0 spiro atoms. The smallest absolute Gasteiger partial charge is 0.235 e. The van der Waals surface area contributed by atoms with Gasteiger partial charge in [0.25, 0.3) is 0 Å². The molecule has 0 aliphatic rings. The standard InChI is InChI=1S/C38H20BrN3OS/c39-28-20-27-22-9-2-6-14-30(22)42(36(27)34-26-12-3-7-15-31(26)43-37(28)34)38-40-29-13-5-1-11-25(29)35(41-38)21-17-18-24-23-10-4-8-16-32(23)44-33(24)19-21/h1-20H. The van der Waals surface area contributed by atoms with E-state index in [1.54, 1.807) is 0 Å². The Morgan fingerprint density at radius 2 is 1.34 bits per heavy atom. The van der Waals surface area contributed by atoms with Crippen molar-refractivity contribution in [1.82, 2.24) is 14.5 Å². The van der Waals surface area contributed by atoms with Gasteiger partial charge in [-0.05, 0) is 52.3 Å². The van der Waals surface area contributed by atoms with Gasteiger partial charge >= 0.3 is 0 Å². The lowest BCUT2D eigenvalue weighted by atomic mass is 10.0. The molecular formula is C38H20BrN3OS. The number of fused-ring (bicyclic) bond motifs is 11. The second-order valence-electron chi connectivity index (χ2n) is 11.1. The second-order valence-corrected chi connectivity index (χ2v) is 13.0. The van der Waals surface area contributed by atoms with E-state index in [-0.39, 0.29) is 0 Å². The van der Waals surface area contributed by atoms with Crippen LogP contribution in [-0.4, -0.2) is 14.5 Å². The van der Waals surface area contributed by atoms with E-state index in [2.05, 4.69) is 124 Å². The Bertz CT molecular complexity index is 2810. The zero-order valence-corrected chi connectivity index (χ0v) is 25.5. The topological polar surface area (TPSA) is 43.9 Å². The van der Waals surface area contributed by atoms with E-state index in [9.17, 15) is 0 Å². The van der Waals surface area contributed by atoms with Crippen LogP contribution in [0.2, 0.25) is 0 Å². The highest BCUT2D eigenvalue weighted by Crippen LogP contribution is 2.44. The minimum atomic E-state index is 0.634. The lowest BCUT2D eigenvalue weighted by Gasteiger charge is -2.12. The molecule has 0 amide bonds. The summed E-state index contributed by atoms with van der Waals surface area (Å²) < 4.78 is 12.1. The van der Waals surface area contributed by atoms with Crippen LogP contribution >= 0.6 is 27.3 Å². The molecule has 6 aromatic carbocycles. The van der Waals surface area contributed by atoms with E-state index in [1.807, 2.05) is 29.5 Å². The molecule has 10 rings (SSSR count). The Kier molecular flexibility index (Phi) is 4.99. The van der Waals surface area contributed by atoms with Gasteiger partial charge in [0.15, 0.2) is 5.58 Å². The summed E-state index contributed by atoms with van der Waals surface area (Å²) in [5, 5.41) is 7.96. The van der Waals surface area contributed by atoms with E-state index in [4.69, 9.17) is 14.4 Å². The highest BCUT2D eigenvalue weighted by Gasteiger charge is 2.23. The van der Waals surface area contributed by atoms with Crippen LogP contribution < -0.4 is 0 Å². The quantitative estimate of drug-likeness (QED) is 0.188. The maximum atomic E-state index is 6.41. The Morgan fingerprint density at radius 3 is 2.25 bits per heavy atom. The molecule has 0 saturated heterocycles. The van der Waals surface area contributed by atoms with Gasteiger partial charge in [0.2, 0.25) is 5.95 Å². The summed E-state index contributed by atoms with van der Waals surface area (Å²) in [4.78, 5) is 10.6. The molecule has 0 saturated carbocycles. The third-order valence-corrected chi connectivity index (χ3v) is 10.4. The minimum absolute atomic E-state index is 0.634. The summed E-state index contributed by atoms with van der Waals surface area (Å²) in [6, 6.07) is 42.5. The van der Waals surface area contributed by atoms with Crippen molar-refractivity contribution in [3.05, 3.63) is 126 Å². The molecule has 0 aliphatic heterocycles. The van der Waals surface area contributed by atoms with Gasteiger partial charge in [-0.2, -0.15) is 0 Å². The molecule has 4 aromatic heterocycles. The number of hydrogen-bond donors (Lipinski definition) is 0. The van der Waals surface area contributed by atoms with Crippen molar-refractivity contribution in [3.8, 4) is 17.2 Å². The molecule has 44 heavy (non-hydrogen) atoms. The Balaban J connectivity index is 1.34. The Labute approximate surface area is 262 Å². The van der Waals surface area contributed by atoms with Gasteiger partial charge in [0, 0.05) is 47.3 Å². The van der Waals surface area contributed by atoms with E-state index in [1.165, 1.54) is 20.2 Å². The number of rotatable bonds is 2. The summed E-state index contributed by atoms with van der Waals surface area (Å²) >= 11 is 5.64. The molecule has 0 fully saturated rings. The van der Waals surface area contributed by atoms with Gasteiger partial charge < -0.3 is 4.42 Å². The molecule has 4 heterocycles. The summed E-state index contributed by atoms with van der Waals surface area (Å²) in [6.07, 6.45) is 0. The summed E-state index contributed by atoms with van der Waals surface area (Å²) in [6.45, 7) is 0. The number of benzene rings is 6. The van der Waals surface area contributed by atoms with Gasteiger partial charge in [0.05, 0.1) is 32.1 Å². The molecule has 0 atom stereocenters. The molecule has 206 valence electrons. The zero-order chi connectivity index (χ0) is 28.9. The van der Waals surface area contributed by atoms with Crippen molar-refractivity contribution >= 4 is 102 Å². The number of halogens is 1. The first kappa shape index (κ1) is 24.4. The first-order chi connectivity index (χ1) is 21.7.